The molecule has 108 valence electrons. The second-order valence-corrected chi connectivity index (χ2v) is 5.19. The first-order chi connectivity index (χ1) is 9.58. The van der Waals surface area contributed by atoms with Gasteiger partial charge in [-0.1, -0.05) is 6.92 Å². The maximum absolute atomic E-state index is 5.80. The number of hydrogen-bond acceptors (Lipinski definition) is 4. The van der Waals surface area contributed by atoms with Crippen molar-refractivity contribution in [2.24, 2.45) is 5.73 Å². The van der Waals surface area contributed by atoms with Gasteiger partial charge in [0.05, 0.1) is 12.4 Å². The Morgan fingerprint density at radius 1 is 1.40 bits per heavy atom. The number of aromatic nitrogens is 3. The summed E-state index contributed by atoms with van der Waals surface area (Å²) in [7, 11) is 0. The highest BCUT2D eigenvalue weighted by molar-refractivity contribution is 5.32. The highest BCUT2D eigenvalue weighted by atomic mass is 16.5. The van der Waals surface area contributed by atoms with E-state index < -0.39 is 0 Å². The van der Waals surface area contributed by atoms with Crippen molar-refractivity contribution < 1.29 is 4.74 Å². The van der Waals surface area contributed by atoms with Crippen LogP contribution in [0.25, 0.3) is 0 Å². The van der Waals surface area contributed by atoms with Crippen molar-refractivity contribution in [1.29, 1.82) is 0 Å². The summed E-state index contributed by atoms with van der Waals surface area (Å²) in [6.07, 6.45) is 7.29. The van der Waals surface area contributed by atoms with E-state index in [1.54, 1.807) is 6.20 Å². The molecule has 20 heavy (non-hydrogen) atoms. The van der Waals surface area contributed by atoms with Gasteiger partial charge in [0.2, 0.25) is 5.88 Å². The zero-order valence-electron chi connectivity index (χ0n) is 12.3. The van der Waals surface area contributed by atoms with E-state index in [1.165, 1.54) is 0 Å². The van der Waals surface area contributed by atoms with Crippen LogP contribution in [0, 0.1) is 6.92 Å². The van der Waals surface area contributed by atoms with Crippen molar-refractivity contribution in [2.45, 2.75) is 46.2 Å². The van der Waals surface area contributed by atoms with Crippen LogP contribution in [-0.2, 0) is 13.0 Å². The van der Waals surface area contributed by atoms with E-state index in [-0.39, 0.29) is 6.04 Å². The fourth-order valence-electron chi connectivity index (χ4n) is 2.07. The molecule has 5 nitrogen and oxygen atoms in total. The third-order valence-corrected chi connectivity index (χ3v) is 2.92. The van der Waals surface area contributed by atoms with Gasteiger partial charge >= 0.3 is 0 Å². The van der Waals surface area contributed by atoms with E-state index in [4.69, 9.17) is 10.5 Å². The number of pyridine rings is 1. The molecule has 1 atom stereocenters. The summed E-state index contributed by atoms with van der Waals surface area (Å²) >= 11 is 0. The molecule has 0 aliphatic carbocycles. The van der Waals surface area contributed by atoms with Crippen molar-refractivity contribution in [3.8, 4) is 11.6 Å². The van der Waals surface area contributed by atoms with Crippen molar-refractivity contribution in [3.63, 3.8) is 0 Å². The highest BCUT2D eigenvalue weighted by Crippen LogP contribution is 2.23. The maximum atomic E-state index is 5.80. The van der Waals surface area contributed by atoms with Gasteiger partial charge in [-0.2, -0.15) is 5.10 Å². The molecule has 0 aromatic carbocycles. The number of nitrogens with zero attached hydrogens (tertiary/aromatic N) is 3. The fraction of sp³-hybridized carbons (Fsp3) is 0.467. The molecule has 2 aromatic rings. The molecule has 0 saturated carbocycles. The molecule has 5 heteroatoms. The first-order valence-electron chi connectivity index (χ1n) is 7.00. The van der Waals surface area contributed by atoms with Crippen LogP contribution < -0.4 is 10.5 Å². The summed E-state index contributed by atoms with van der Waals surface area (Å²) in [5.74, 6) is 1.34. The molecule has 2 aromatic heterocycles. The molecule has 1 unspecified atom stereocenters. The Balaban J connectivity index is 2.08. The third-order valence-electron chi connectivity index (χ3n) is 2.92. The lowest BCUT2D eigenvalue weighted by molar-refractivity contribution is 0.456. The molecule has 0 fully saturated rings. The Morgan fingerprint density at radius 3 is 2.85 bits per heavy atom. The lowest BCUT2D eigenvalue weighted by Crippen LogP contribution is -2.17. The predicted molar refractivity (Wildman–Crippen MR) is 78.9 cm³/mol. The molecule has 2 N–H and O–H groups in total. The quantitative estimate of drug-likeness (QED) is 0.879. The molecule has 0 aliphatic heterocycles. The molecule has 0 spiro atoms. The first kappa shape index (κ1) is 14.5. The molecule has 0 bridgehead atoms. The highest BCUT2D eigenvalue weighted by Gasteiger charge is 2.07. The number of aryl methyl sites for hydroxylation is 2. The molecular weight excluding hydrogens is 252 g/mol. The number of rotatable bonds is 6. The SMILES string of the molecule is CCCn1cc(Oc2ncc(CC(C)N)cc2C)cn1. The van der Waals surface area contributed by atoms with E-state index in [1.807, 2.05) is 30.9 Å². The van der Waals surface area contributed by atoms with E-state index in [9.17, 15) is 0 Å². The van der Waals surface area contributed by atoms with Crippen molar-refractivity contribution >= 4 is 0 Å². The Morgan fingerprint density at radius 2 is 2.20 bits per heavy atom. The minimum Gasteiger partial charge on any atom is -0.435 e. The standard InChI is InChI=1S/C15H22N4O/c1-4-5-19-10-14(9-18-19)20-15-11(2)6-13(8-17-15)7-12(3)16/h6,8-10,12H,4-5,7,16H2,1-3H3. The van der Waals surface area contributed by atoms with E-state index in [2.05, 4.69) is 23.1 Å². The Bertz CT molecular complexity index is 563. The normalized spacial score (nSPS) is 12.4. The third kappa shape index (κ3) is 3.81. The fourth-order valence-corrected chi connectivity index (χ4v) is 2.07. The van der Waals surface area contributed by atoms with Gasteiger partial charge in [0.1, 0.15) is 0 Å². The lowest BCUT2D eigenvalue weighted by atomic mass is 10.1. The summed E-state index contributed by atoms with van der Waals surface area (Å²) in [5.41, 5.74) is 7.93. The number of ether oxygens (including phenoxy) is 1. The molecular formula is C15H22N4O. The van der Waals surface area contributed by atoms with Gasteiger partial charge in [-0.3, -0.25) is 4.68 Å². The van der Waals surface area contributed by atoms with Crippen molar-refractivity contribution in [2.75, 3.05) is 0 Å². The smallest absolute Gasteiger partial charge is 0.222 e. The van der Waals surface area contributed by atoms with Gasteiger partial charge in [0.25, 0.3) is 0 Å². The van der Waals surface area contributed by atoms with Crippen LogP contribution in [0.2, 0.25) is 0 Å². The number of hydrogen-bond donors (Lipinski definition) is 1. The largest absolute Gasteiger partial charge is 0.435 e. The van der Waals surface area contributed by atoms with E-state index >= 15 is 0 Å². The van der Waals surface area contributed by atoms with Crippen LogP contribution in [0.15, 0.2) is 24.7 Å². The Kier molecular flexibility index (Phi) is 4.74. The zero-order valence-corrected chi connectivity index (χ0v) is 12.3. The minimum absolute atomic E-state index is 0.134. The van der Waals surface area contributed by atoms with E-state index in [0.29, 0.717) is 11.6 Å². The van der Waals surface area contributed by atoms with Crippen molar-refractivity contribution in [3.05, 3.63) is 35.8 Å². The maximum Gasteiger partial charge on any atom is 0.222 e. The lowest BCUT2D eigenvalue weighted by Gasteiger charge is -2.09. The van der Waals surface area contributed by atoms with Crippen LogP contribution in [0.4, 0.5) is 0 Å². The van der Waals surface area contributed by atoms with E-state index in [0.717, 1.165) is 30.5 Å². The van der Waals surface area contributed by atoms with Gasteiger partial charge in [-0.05, 0) is 38.3 Å². The Hall–Kier alpha value is -1.88. The second kappa shape index (κ2) is 6.52. The summed E-state index contributed by atoms with van der Waals surface area (Å²) in [6, 6.07) is 2.21. The minimum atomic E-state index is 0.134. The summed E-state index contributed by atoms with van der Waals surface area (Å²) in [6.45, 7) is 6.99. The molecule has 0 amide bonds. The van der Waals surface area contributed by atoms with Gasteiger partial charge in [-0.25, -0.2) is 4.98 Å². The van der Waals surface area contributed by atoms with Crippen LogP contribution in [0.1, 0.15) is 31.4 Å². The summed E-state index contributed by atoms with van der Waals surface area (Å²) in [5, 5.41) is 4.24. The zero-order chi connectivity index (χ0) is 14.5. The van der Waals surface area contributed by atoms with Gasteiger partial charge in [0.15, 0.2) is 5.75 Å². The van der Waals surface area contributed by atoms with Gasteiger partial charge < -0.3 is 10.5 Å². The van der Waals surface area contributed by atoms with Crippen LogP contribution in [0.5, 0.6) is 11.6 Å². The first-order valence-corrected chi connectivity index (χ1v) is 7.00. The van der Waals surface area contributed by atoms with Gasteiger partial charge in [0, 0.05) is 24.3 Å². The molecule has 0 saturated heterocycles. The van der Waals surface area contributed by atoms with Crippen LogP contribution >= 0.6 is 0 Å². The number of nitrogens with two attached hydrogens (primary N) is 1. The molecule has 2 rings (SSSR count). The Labute approximate surface area is 119 Å². The molecule has 0 aliphatic rings. The monoisotopic (exact) mass is 274 g/mol. The van der Waals surface area contributed by atoms with Crippen molar-refractivity contribution in [1.82, 2.24) is 14.8 Å². The van der Waals surface area contributed by atoms with Crippen LogP contribution in [-0.4, -0.2) is 20.8 Å². The summed E-state index contributed by atoms with van der Waals surface area (Å²) < 4.78 is 7.64. The van der Waals surface area contributed by atoms with Gasteiger partial charge in [-0.15, -0.1) is 0 Å². The molecule has 2 heterocycles. The average Bonchev–Trinajstić information content (AvgIpc) is 2.80. The topological polar surface area (TPSA) is 66.0 Å². The second-order valence-electron chi connectivity index (χ2n) is 5.19. The van der Waals surface area contributed by atoms with Crippen LogP contribution in [0.3, 0.4) is 0 Å². The predicted octanol–water partition coefficient (Wildman–Crippen LogP) is 2.68. The summed E-state index contributed by atoms with van der Waals surface area (Å²) in [4.78, 5) is 4.37. The average molecular weight is 274 g/mol. The molecule has 0 radical (unpaired) electrons.